The first-order valence-corrected chi connectivity index (χ1v) is 5.66. The van der Waals surface area contributed by atoms with Gasteiger partial charge < -0.3 is 9.47 Å². The second-order valence-corrected chi connectivity index (χ2v) is 4.51. The lowest BCUT2D eigenvalue weighted by Crippen LogP contribution is -2.63. The van der Waals surface area contributed by atoms with Gasteiger partial charge in [-0.25, -0.2) is 4.79 Å². The van der Waals surface area contributed by atoms with Gasteiger partial charge in [-0.2, -0.15) is 5.26 Å². The maximum absolute atomic E-state index is 11.7. The molecule has 0 N–H and O–H groups in total. The number of nitrogens with zero attached hydrogens (tertiary/aromatic N) is 2. The van der Waals surface area contributed by atoms with E-state index in [1.807, 2.05) is 12.1 Å². The van der Waals surface area contributed by atoms with Gasteiger partial charge in [0.2, 0.25) is 5.60 Å². The van der Waals surface area contributed by atoms with E-state index >= 15 is 0 Å². The molecule has 0 aromatic rings. The molecule has 0 saturated carbocycles. The summed E-state index contributed by atoms with van der Waals surface area (Å²) in [4.78, 5) is 24.3. The van der Waals surface area contributed by atoms with Crippen molar-refractivity contribution in [2.75, 3.05) is 13.7 Å². The van der Waals surface area contributed by atoms with Crippen molar-refractivity contribution in [3.05, 3.63) is 12.2 Å². The molecule has 2 heterocycles. The van der Waals surface area contributed by atoms with Gasteiger partial charge in [0.25, 0.3) is 0 Å². The molecule has 1 amide bonds. The zero-order valence-electron chi connectivity index (χ0n) is 10.3. The van der Waals surface area contributed by atoms with Gasteiger partial charge in [0.05, 0.1) is 7.11 Å². The molecule has 6 nitrogen and oxygen atoms in total. The van der Waals surface area contributed by atoms with Crippen LogP contribution in [0.15, 0.2) is 12.2 Å². The number of hydrogen-bond donors (Lipinski definition) is 0. The van der Waals surface area contributed by atoms with Gasteiger partial charge in [0.1, 0.15) is 12.1 Å². The van der Waals surface area contributed by atoms with Crippen LogP contribution in [0.25, 0.3) is 0 Å². The smallest absolute Gasteiger partial charge is 0.410 e. The lowest BCUT2D eigenvalue weighted by molar-refractivity contribution is -0.161. The standard InChI is InChI=1S/C12H14N2O4/c1-8(15)18-12(7-13)5-9-3-4-10(12)14(6-9)11(16)17-2/h3-4,9-10H,5-6H2,1-2H3. The first-order chi connectivity index (χ1) is 8.52. The van der Waals surface area contributed by atoms with E-state index in [4.69, 9.17) is 4.74 Å². The van der Waals surface area contributed by atoms with Gasteiger partial charge in [-0.15, -0.1) is 0 Å². The molecular weight excluding hydrogens is 236 g/mol. The van der Waals surface area contributed by atoms with Crippen LogP contribution in [0.2, 0.25) is 0 Å². The zero-order valence-corrected chi connectivity index (χ0v) is 10.3. The van der Waals surface area contributed by atoms with E-state index in [0.717, 1.165) is 0 Å². The maximum Gasteiger partial charge on any atom is 0.410 e. The predicted octanol–water partition coefficient (Wildman–Crippen LogP) is 0.839. The van der Waals surface area contributed by atoms with Crippen molar-refractivity contribution in [3.8, 4) is 6.07 Å². The number of fused-ring (bicyclic) bond motifs is 2. The Bertz CT molecular complexity index is 453. The highest BCUT2D eigenvalue weighted by atomic mass is 16.6. The predicted molar refractivity (Wildman–Crippen MR) is 60.3 cm³/mol. The van der Waals surface area contributed by atoms with E-state index in [1.54, 1.807) is 6.08 Å². The molecular formula is C12H14N2O4. The monoisotopic (exact) mass is 250 g/mol. The molecule has 2 bridgehead atoms. The van der Waals surface area contributed by atoms with Gasteiger partial charge in [-0.3, -0.25) is 9.69 Å². The molecule has 3 atom stereocenters. The molecule has 18 heavy (non-hydrogen) atoms. The van der Waals surface area contributed by atoms with Crippen molar-refractivity contribution in [2.24, 2.45) is 5.92 Å². The largest absolute Gasteiger partial charge is 0.453 e. The highest BCUT2D eigenvalue weighted by Gasteiger charge is 2.53. The highest BCUT2D eigenvalue weighted by Crippen LogP contribution is 2.39. The number of methoxy groups -OCH3 is 1. The van der Waals surface area contributed by atoms with E-state index in [-0.39, 0.29) is 5.92 Å². The van der Waals surface area contributed by atoms with Crippen molar-refractivity contribution in [1.82, 2.24) is 4.90 Å². The average Bonchev–Trinajstić information content (AvgIpc) is 2.37. The zero-order chi connectivity index (χ0) is 13.3. The maximum atomic E-state index is 11.7. The second kappa shape index (κ2) is 4.33. The van der Waals surface area contributed by atoms with Gasteiger partial charge in [0, 0.05) is 19.9 Å². The fourth-order valence-corrected chi connectivity index (χ4v) is 2.64. The van der Waals surface area contributed by atoms with Crippen molar-refractivity contribution in [3.63, 3.8) is 0 Å². The average molecular weight is 250 g/mol. The first kappa shape index (κ1) is 12.4. The molecule has 0 spiro atoms. The molecule has 0 aromatic heterocycles. The molecule has 1 fully saturated rings. The van der Waals surface area contributed by atoms with Crippen LogP contribution in [0.4, 0.5) is 4.79 Å². The molecule has 96 valence electrons. The minimum Gasteiger partial charge on any atom is -0.453 e. The van der Waals surface area contributed by atoms with Crippen LogP contribution in [0.3, 0.4) is 0 Å². The number of rotatable bonds is 1. The minimum atomic E-state index is -1.29. The third kappa shape index (κ3) is 1.82. The summed E-state index contributed by atoms with van der Waals surface area (Å²) in [7, 11) is 1.29. The Kier molecular flexibility index (Phi) is 2.99. The number of ether oxygens (including phenoxy) is 2. The molecule has 6 heteroatoms. The van der Waals surface area contributed by atoms with E-state index < -0.39 is 23.7 Å². The highest BCUT2D eigenvalue weighted by molar-refractivity contribution is 5.71. The quantitative estimate of drug-likeness (QED) is 0.509. The van der Waals surface area contributed by atoms with Gasteiger partial charge in [-0.05, 0) is 5.92 Å². The van der Waals surface area contributed by atoms with Crippen molar-refractivity contribution in [1.29, 1.82) is 5.26 Å². The molecule has 3 aliphatic rings. The first-order valence-electron chi connectivity index (χ1n) is 5.66. The third-order valence-electron chi connectivity index (χ3n) is 3.30. The van der Waals surface area contributed by atoms with Crippen LogP contribution in [-0.4, -0.2) is 42.3 Å². The Labute approximate surface area is 105 Å². The molecule has 0 radical (unpaired) electrons. The van der Waals surface area contributed by atoms with E-state index in [9.17, 15) is 14.9 Å². The Hall–Kier alpha value is -2.03. The van der Waals surface area contributed by atoms with Crippen LogP contribution in [0, 0.1) is 17.2 Å². The normalized spacial score (nSPS) is 32.8. The summed E-state index contributed by atoms with van der Waals surface area (Å²) in [5, 5.41) is 9.34. The van der Waals surface area contributed by atoms with Crippen molar-refractivity contribution >= 4 is 12.1 Å². The summed E-state index contributed by atoms with van der Waals surface area (Å²) >= 11 is 0. The summed E-state index contributed by atoms with van der Waals surface area (Å²) in [6.07, 6.45) is 3.59. The minimum absolute atomic E-state index is 0.00750. The summed E-state index contributed by atoms with van der Waals surface area (Å²) in [6.45, 7) is 1.74. The summed E-state index contributed by atoms with van der Waals surface area (Å²) < 4.78 is 9.87. The Morgan fingerprint density at radius 2 is 2.22 bits per heavy atom. The van der Waals surface area contributed by atoms with Crippen molar-refractivity contribution < 1.29 is 19.1 Å². The lowest BCUT2D eigenvalue weighted by Gasteiger charge is -2.48. The Morgan fingerprint density at radius 3 is 2.72 bits per heavy atom. The molecule has 0 aromatic carbocycles. The number of carbonyl (C=O) groups is 2. The van der Waals surface area contributed by atoms with Crippen LogP contribution < -0.4 is 0 Å². The van der Waals surface area contributed by atoms with Gasteiger partial charge in [0.15, 0.2) is 0 Å². The second-order valence-electron chi connectivity index (χ2n) is 4.51. The van der Waals surface area contributed by atoms with Crippen LogP contribution >= 0.6 is 0 Å². The van der Waals surface area contributed by atoms with Crippen LogP contribution in [0.1, 0.15) is 13.3 Å². The molecule has 1 aliphatic carbocycles. The van der Waals surface area contributed by atoms with E-state index in [0.29, 0.717) is 13.0 Å². The number of carbonyl (C=O) groups excluding carboxylic acids is 2. The van der Waals surface area contributed by atoms with E-state index in [1.165, 1.54) is 18.9 Å². The fraction of sp³-hybridized carbons (Fsp3) is 0.583. The topological polar surface area (TPSA) is 79.6 Å². The van der Waals surface area contributed by atoms with E-state index in [2.05, 4.69) is 4.74 Å². The van der Waals surface area contributed by atoms with Crippen LogP contribution in [0.5, 0.6) is 0 Å². The van der Waals surface area contributed by atoms with Crippen LogP contribution in [-0.2, 0) is 14.3 Å². The molecule has 3 unspecified atom stereocenters. The number of esters is 1. The number of nitriles is 1. The number of piperidine rings is 1. The summed E-state index contributed by atoms with van der Waals surface area (Å²) in [6, 6.07) is 1.47. The summed E-state index contributed by atoms with van der Waals surface area (Å²) in [5.74, 6) is -0.518. The van der Waals surface area contributed by atoms with Gasteiger partial charge in [-0.1, -0.05) is 12.2 Å². The number of hydrogen-bond acceptors (Lipinski definition) is 5. The SMILES string of the molecule is COC(=O)N1CC2C=CC1C(C#N)(OC(C)=O)C2. The van der Waals surface area contributed by atoms with Crippen molar-refractivity contribution in [2.45, 2.75) is 25.0 Å². The molecule has 1 saturated heterocycles. The fourth-order valence-electron chi connectivity index (χ4n) is 2.64. The molecule has 3 rings (SSSR count). The Morgan fingerprint density at radius 1 is 1.50 bits per heavy atom. The summed E-state index contributed by atoms with van der Waals surface area (Å²) in [5.41, 5.74) is -1.29. The Balaban J connectivity index is 2.34. The molecule has 2 aliphatic heterocycles. The third-order valence-corrected chi connectivity index (χ3v) is 3.30. The number of amides is 1. The lowest BCUT2D eigenvalue weighted by atomic mass is 9.75. The van der Waals surface area contributed by atoms with Gasteiger partial charge >= 0.3 is 12.1 Å².